The number of rotatable bonds is 6. The number of carbonyl (C=O) groups excluding carboxylic acids is 1. The molecule has 1 aromatic heterocycles. The number of anilines is 1. The Hall–Kier alpha value is -2.21. The van der Waals surface area contributed by atoms with Crippen molar-refractivity contribution in [2.24, 2.45) is 7.05 Å². The van der Waals surface area contributed by atoms with Gasteiger partial charge in [-0.15, -0.1) is 0 Å². The Labute approximate surface area is 116 Å². The number of nitrogens with one attached hydrogen (secondary N) is 2. The van der Waals surface area contributed by atoms with Crippen molar-refractivity contribution >= 4 is 11.6 Å². The Balaban J connectivity index is 1.67. The van der Waals surface area contributed by atoms with Gasteiger partial charge in [-0.05, 0) is 24.3 Å². The summed E-state index contributed by atoms with van der Waals surface area (Å²) in [5, 5.41) is 9.89. The van der Waals surface area contributed by atoms with Gasteiger partial charge in [-0.25, -0.2) is 4.39 Å². The first-order valence-electron chi connectivity index (χ1n) is 6.38. The van der Waals surface area contributed by atoms with Crippen molar-refractivity contribution in [1.29, 1.82) is 0 Å². The minimum Gasteiger partial charge on any atom is -0.325 e. The van der Waals surface area contributed by atoms with Crippen LogP contribution in [0.15, 0.2) is 36.5 Å². The lowest BCUT2D eigenvalue weighted by Crippen LogP contribution is -2.29. The van der Waals surface area contributed by atoms with Gasteiger partial charge >= 0.3 is 0 Å². The number of hydrogen-bond donors (Lipinski definition) is 2. The molecule has 20 heavy (non-hydrogen) atoms. The van der Waals surface area contributed by atoms with E-state index in [-0.39, 0.29) is 18.3 Å². The van der Waals surface area contributed by atoms with Gasteiger partial charge in [0.2, 0.25) is 5.91 Å². The van der Waals surface area contributed by atoms with E-state index in [4.69, 9.17) is 0 Å². The first-order valence-corrected chi connectivity index (χ1v) is 6.38. The van der Waals surface area contributed by atoms with Crippen molar-refractivity contribution < 1.29 is 9.18 Å². The average Bonchev–Trinajstić information content (AvgIpc) is 2.80. The smallest absolute Gasteiger partial charge is 0.238 e. The number of hydrogen-bond acceptors (Lipinski definition) is 3. The van der Waals surface area contributed by atoms with E-state index in [1.54, 1.807) is 16.8 Å². The molecule has 5 nitrogen and oxygen atoms in total. The number of benzene rings is 1. The van der Waals surface area contributed by atoms with E-state index >= 15 is 0 Å². The van der Waals surface area contributed by atoms with Crippen molar-refractivity contribution in [2.75, 3.05) is 18.4 Å². The number of aromatic nitrogens is 2. The second-order valence-electron chi connectivity index (χ2n) is 4.47. The van der Waals surface area contributed by atoms with Crippen molar-refractivity contribution in [3.8, 4) is 0 Å². The van der Waals surface area contributed by atoms with Gasteiger partial charge in [0.05, 0.1) is 12.2 Å². The van der Waals surface area contributed by atoms with Gasteiger partial charge in [0.1, 0.15) is 5.82 Å². The van der Waals surface area contributed by atoms with E-state index in [1.165, 1.54) is 12.1 Å². The molecule has 1 amide bonds. The molecule has 1 aromatic carbocycles. The normalized spacial score (nSPS) is 10.5. The molecule has 0 radical (unpaired) electrons. The van der Waals surface area contributed by atoms with Gasteiger partial charge in [0.25, 0.3) is 0 Å². The molecular formula is C14H17FN4O. The number of aryl methyl sites for hydroxylation is 1. The van der Waals surface area contributed by atoms with E-state index in [9.17, 15) is 9.18 Å². The summed E-state index contributed by atoms with van der Waals surface area (Å²) >= 11 is 0. The number of amides is 1. The van der Waals surface area contributed by atoms with Crippen LogP contribution in [0.2, 0.25) is 0 Å². The maximum Gasteiger partial charge on any atom is 0.238 e. The van der Waals surface area contributed by atoms with Crippen LogP contribution in [0.5, 0.6) is 0 Å². The lowest BCUT2D eigenvalue weighted by atomic mass is 10.3. The fourth-order valence-corrected chi connectivity index (χ4v) is 1.79. The van der Waals surface area contributed by atoms with Gasteiger partial charge in [-0.2, -0.15) is 5.10 Å². The minimum atomic E-state index is -0.370. The highest BCUT2D eigenvalue weighted by Crippen LogP contribution is 2.08. The highest BCUT2D eigenvalue weighted by Gasteiger charge is 2.03. The summed E-state index contributed by atoms with van der Waals surface area (Å²) < 4.78 is 14.7. The van der Waals surface area contributed by atoms with Gasteiger partial charge < -0.3 is 10.6 Å². The summed E-state index contributed by atoms with van der Waals surface area (Å²) in [5.41, 5.74) is 1.44. The van der Waals surface area contributed by atoms with Gasteiger partial charge in [-0.3, -0.25) is 9.48 Å². The zero-order chi connectivity index (χ0) is 14.4. The Morgan fingerprint density at radius 1 is 1.40 bits per heavy atom. The van der Waals surface area contributed by atoms with Gasteiger partial charge in [0.15, 0.2) is 0 Å². The predicted molar refractivity (Wildman–Crippen MR) is 74.8 cm³/mol. The van der Waals surface area contributed by atoms with Crippen molar-refractivity contribution in [1.82, 2.24) is 15.1 Å². The average molecular weight is 276 g/mol. The quantitative estimate of drug-likeness (QED) is 0.783. The monoisotopic (exact) mass is 276 g/mol. The molecule has 0 saturated heterocycles. The van der Waals surface area contributed by atoms with E-state index in [0.29, 0.717) is 12.2 Å². The maximum absolute atomic E-state index is 12.9. The Morgan fingerprint density at radius 3 is 2.95 bits per heavy atom. The van der Waals surface area contributed by atoms with Crippen molar-refractivity contribution in [2.45, 2.75) is 6.42 Å². The lowest BCUT2D eigenvalue weighted by Gasteiger charge is -2.06. The highest BCUT2D eigenvalue weighted by molar-refractivity contribution is 5.92. The summed E-state index contributed by atoms with van der Waals surface area (Å²) in [6.45, 7) is 0.844. The summed E-state index contributed by atoms with van der Waals surface area (Å²) in [4.78, 5) is 11.6. The van der Waals surface area contributed by atoms with Crippen LogP contribution in [0.1, 0.15) is 5.69 Å². The Bertz CT molecular complexity index is 582. The Kier molecular flexibility index (Phi) is 4.84. The summed E-state index contributed by atoms with van der Waals surface area (Å²) in [6, 6.07) is 7.76. The van der Waals surface area contributed by atoms with Crippen LogP contribution in [-0.4, -0.2) is 28.8 Å². The van der Waals surface area contributed by atoms with E-state index in [2.05, 4.69) is 15.7 Å². The maximum atomic E-state index is 12.9. The summed E-state index contributed by atoms with van der Waals surface area (Å²) in [6.07, 6.45) is 2.64. The molecule has 2 rings (SSSR count). The van der Waals surface area contributed by atoms with E-state index < -0.39 is 0 Å². The Morgan fingerprint density at radius 2 is 2.25 bits per heavy atom. The first kappa shape index (κ1) is 14.2. The zero-order valence-electron chi connectivity index (χ0n) is 11.3. The highest BCUT2D eigenvalue weighted by atomic mass is 19.1. The van der Waals surface area contributed by atoms with Crippen LogP contribution < -0.4 is 10.6 Å². The molecule has 2 N–H and O–H groups in total. The van der Waals surface area contributed by atoms with Gasteiger partial charge in [0, 0.05) is 31.9 Å². The van der Waals surface area contributed by atoms with Crippen LogP contribution >= 0.6 is 0 Å². The second-order valence-corrected chi connectivity index (χ2v) is 4.47. The molecule has 0 atom stereocenters. The first-order chi connectivity index (χ1) is 9.63. The third kappa shape index (κ3) is 4.47. The largest absolute Gasteiger partial charge is 0.325 e. The molecule has 1 heterocycles. The molecule has 0 aliphatic carbocycles. The number of halogens is 1. The fraction of sp³-hybridized carbons (Fsp3) is 0.286. The minimum absolute atomic E-state index is 0.184. The molecule has 0 bridgehead atoms. The molecule has 0 aliphatic heterocycles. The number of carbonyl (C=O) groups is 1. The molecule has 0 spiro atoms. The van der Waals surface area contributed by atoms with Crippen molar-refractivity contribution in [3.05, 3.63) is 48.0 Å². The molecule has 0 fully saturated rings. The summed E-state index contributed by atoms with van der Waals surface area (Å²) in [5.74, 6) is -0.567. The molecule has 6 heteroatoms. The van der Waals surface area contributed by atoms with Crippen LogP contribution in [-0.2, 0) is 18.3 Å². The van der Waals surface area contributed by atoms with E-state index in [0.717, 1.165) is 12.1 Å². The molecular weight excluding hydrogens is 259 g/mol. The third-order valence-corrected chi connectivity index (χ3v) is 2.72. The number of nitrogens with zero attached hydrogens (tertiary/aromatic N) is 2. The van der Waals surface area contributed by atoms with Crippen LogP contribution in [0.25, 0.3) is 0 Å². The lowest BCUT2D eigenvalue weighted by molar-refractivity contribution is -0.115. The van der Waals surface area contributed by atoms with Crippen molar-refractivity contribution in [3.63, 3.8) is 0 Å². The zero-order valence-corrected chi connectivity index (χ0v) is 11.3. The second kappa shape index (κ2) is 6.81. The molecule has 0 aliphatic rings. The van der Waals surface area contributed by atoms with Crippen LogP contribution in [0.3, 0.4) is 0 Å². The topological polar surface area (TPSA) is 59.0 Å². The van der Waals surface area contributed by atoms with E-state index in [1.807, 2.05) is 19.3 Å². The third-order valence-electron chi connectivity index (χ3n) is 2.72. The van der Waals surface area contributed by atoms with Gasteiger partial charge in [-0.1, -0.05) is 6.07 Å². The molecule has 106 valence electrons. The SMILES string of the molecule is Cn1ccc(CCNCC(=O)Nc2cccc(F)c2)n1. The fourth-order valence-electron chi connectivity index (χ4n) is 1.79. The predicted octanol–water partition coefficient (Wildman–Crippen LogP) is 1.33. The summed E-state index contributed by atoms with van der Waals surface area (Å²) in [7, 11) is 1.86. The molecule has 0 saturated carbocycles. The molecule has 2 aromatic rings. The van der Waals surface area contributed by atoms with Crippen LogP contribution in [0.4, 0.5) is 10.1 Å². The molecule has 0 unspecified atom stereocenters. The van der Waals surface area contributed by atoms with Crippen LogP contribution in [0, 0.1) is 5.82 Å². The standard InChI is InChI=1S/C14H17FN4O/c1-19-8-6-12(18-19)5-7-16-10-14(20)17-13-4-2-3-11(15)9-13/h2-4,6,8-9,16H,5,7,10H2,1H3,(H,17,20).